The third-order valence-corrected chi connectivity index (χ3v) is 4.25. The number of pyridine rings is 1. The van der Waals surface area contributed by atoms with Gasteiger partial charge in [0.2, 0.25) is 0 Å². The first-order chi connectivity index (χ1) is 10.1. The van der Waals surface area contributed by atoms with Crippen LogP contribution < -0.4 is 4.90 Å². The fourth-order valence-electron chi connectivity index (χ4n) is 3.13. The first kappa shape index (κ1) is 13.9. The molecule has 0 saturated carbocycles. The van der Waals surface area contributed by atoms with E-state index in [-0.39, 0.29) is 0 Å². The Morgan fingerprint density at radius 3 is 2.52 bits per heavy atom. The van der Waals surface area contributed by atoms with Crippen LogP contribution >= 0.6 is 0 Å². The standard InChI is InChI=1S/C18H21N3/c1-12(2)15-8-13(3)9-16-14(11-19)10-17(20-18(15)16)21-6-4-5-7-21/h8-10,12H,4-7H2,1-3H3. The van der Waals surface area contributed by atoms with E-state index < -0.39 is 0 Å². The summed E-state index contributed by atoms with van der Waals surface area (Å²) in [5.41, 5.74) is 4.17. The summed E-state index contributed by atoms with van der Waals surface area (Å²) in [6.45, 7) is 8.55. The highest BCUT2D eigenvalue weighted by Gasteiger charge is 2.18. The summed E-state index contributed by atoms with van der Waals surface area (Å²) in [5, 5.41) is 10.5. The Balaban J connectivity index is 2.28. The molecule has 2 aromatic rings. The molecule has 0 bridgehead atoms. The van der Waals surface area contributed by atoms with E-state index in [2.05, 4.69) is 43.9 Å². The van der Waals surface area contributed by atoms with Crippen LogP contribution in [-0.2, 0) is 0 Å². The van der Waals surface area contributed by atoms with Crippen molar-refractivity contribution in [2.75, 3.05) is 18.0 Å². The molecule has 1 saturated heterocycles. The first-order valence-corrected chi connectivity index (χ1v) is 7.70. The van der Waals surface area contributed by atoms with Crippen molar-refractivity contribution in [3.63, 3.8) is 0 Å². The predicted octanol–water partition coefficient (Wildman–Crippen LogP) is 4.14. The molecule has 3 rings (SSSR count). The zero-order valence-electron chi connectivity index (χ0n) is 13.0. The van der Waals surface area contributed by atoms with E-state index >= 15 is 0 Å². The van der Waals surface area contributed by atoms with Crippen molar-refractivity contribution in [2.45, 2.75) is 39.5 Å². The third kappa shape index (κ3) is 2.47. The second-order valence-electron chi connectivity index (χ2n) is 6.24. The Morgan fingerprint density at radius 1 is 1.19 bits per heavy atom. The minimum atomic E-state index is 0.403. The minimum Gasteiger partial charge on any atom is -0.357 e. The lowest BCUT2D eigenvalue weighted by atomic mass is 9.95. The summed E-state index contributed by atoms with van der Waals surface area (Å²) in [6, 6.07) is 8.60. The number of rotatable bonds is 2. The number of nitriles is 1. The Morgan fingerprint density at radius 2 is 1.90 bits per heavy atom. The molecule has 0 radical (unpaired) electrons. The van der Waals surface area contributed by atoms with E-state index in [9.17, 15) is 5.26 Å². The second kappa shape index (κ2) is 5.37. The smallest absolute Gasteiger partial charge is 0.130 e. The largest absolute Gasteiger partial charge is 0.357 e. The number of nitrogens with zero attached hydrogens (tertiary/aromatic N) is 3. The highest BCUT2D eigenvalue weighted by atomic mass is 15.2. The van der Waals surface area contributed by atoms with Crippen molar-refractivity contribution in [3.8, 4) is 6.07 Å². The molecular weight excluding hydrogens is 258 g/mol. The monoisotopic (exact) mass is 279 g/mol. The number of hydrogen-bond acceptors (Lipinski definition) is 3. The molecule has 0 amide bonds. The van der Waals surface area contributed by atoms with Crippen molar-refractivity contribution in [2.24, 2.45) is 0 Å². The molecule has 2 heterocycles. The summed E-state index contributed by atoms with van der Waals surface area (Å²) < 4.78 is 0. The van der Waals surface area contributed by atoms with Gasteiger partial charge in [-0.1, -0.05) is 25.5 Å². The van der Waals surface area contributed by atoms with Crippen LogP contribution in [0.3, 0.4) is 0 Å². The summed E-state index contributed by atoms with van der Waals surface area (Å²) in [4.78, 5) is 7.20. The zero-order valence-corrected chi connectivity index (χ0v) is 13.0. The van der Waals surface area contributed by atoms with Gasteiger partial charge in [0.25, 0.3) is 0 Å². The fraction of sp³-hybridized carbons (Fsp3) is 0.444. The molecule has 1 aliphatic heterocycles. The van der Waals surface area contributed by atoms with E-state index in [0.717, 1.165) is 35.4 Å². The van der Waals surface area contributed by atoms with Gasteiger partial charge in [-0.05, 0) is 43.4 Å². The molecule has 108 valence electrons. The van der Waals surface area contributed by atoms with E-state index in [1.807, 2.05) is 6.07 Å². The first-order valence-electron chi connectivity index (χ1n) is 7.70. The Kier molecular flexibility index (Phi) is 3.55. The molecule has 3 nitrogen and oxygen atoms in total. The van der Waals surface area contributed by atoms with Gasteiger partial charge in [0, 0.05) is 18.5 Å². The molecule has 0 spiro atoms. The SMILES string of the molecule is Cc1cc(C(C)C)c2nc(N3CCCC3)cc(C#N)c2c1. The van der Waals surface area contributed by atoms with Gasteiger partial charge in [-0.3, -0.25) is 0 Å². The van der Waals surface area contributed by atoms with Crippen LogP contribution in [-0.4, -0.2) is 18.1 Å². The molecule has 0 N–H and O–H groups in total. The zero-order chi connectivity index (χ0) is 15.0. The van der Waals surface area contributed by atoms with Gasteiger partial charge in [0.15, 0.2) is 0 Å². The van der Waals surface area contributed by atoms with Crippen LogP contribution in [0.15, 0.2) is 18.2 Å². The van der Waals surface area contributed by atoms with Gasteiger partial charge in [0.05, 0.1) is 17.1 Å². The van der Waals surface area contributed by atoms with Gasteiger partial charge in [-0.25, -0.2) is 4.98 Å². The van der Waals surface area contributed by atoms with Crippen LogP contribution in [0, 0.1) is 18.3 Å². The van der Waals surface area contributed by atoms with Crippen molar-refractivity contribution < 1.29 is 0 Å². The fourth-order valence-corrected chi connectivity index (χ4v) is 3.13. The maximum atomic E-state index is 9.53. The molecule has 21 heavy (non-hydrogen) atoms. The molecule has 0 atom stereocenters. The highest BCUT2D eigenvalue weighted by Crippen LogP contribution is 2.31. The average molecular weight is 279 g/mol. The summed E-state index contributed by atoms with van der Waals surface area (Å²) in [7, 11) is 0. The molecule has 0 aliphatic carbocycles. The topological polar surface area (TPSA) is 39.9 Å². The lowest BCUT2D eigenvalue weighted by Crippen LogP contribution is -2.19. The molecule has 0 unspecified atom stereocenters. The minimum absolute atomic E-state index is 0.403. The average Bonchev–Trinajstić information content (AvgIpc) is 2.99. The van der Waals surface area contributed by atoms with Crippen molar-refractivity contribution >= 4 is 16.7 Å². The summed E-state index contributed by atoms with van der Waals surface area (Å²) in [5.74, 6) is 1.36. The molecule has 3 heteroatoms. The maximum absolute atomic E-state index is 9.53. The molecule has 1 aromatic carbocycles. The Labute approximate surface area is 126 Å². The third-order valence-electron chi connectivity index (χ3n) is 4.25. The lowest BCUT2D eigenvalue weighted by molar-refractivity contribution is 0.868. The summed E-state index contributed by atoms with van der Waals surface area (Å²) in [6.07, 6.45) is 2.43. The van der Waals surface area contributed by atoms with Crippen molar-refractivity contribution in [3.05, 3.63) is 34.9 Å². The van der Waals surface area contributed by atoms with Crippen LogP contribution in [0.1, 0.15) is 49.3 Å². The van der Waals surface area contributed by atoms with E-state index in [1.54, 1.807) is 0 Å². The number of anilines is 1. The summed E-state index contributed by atoms with van der Waals surface area (Å²) >= 11 is 0. The number of aryl methyl sites for hydroxylation is 1. The number of aromatic nitrogens is 1. The maximum Gasteiger partial charge on any atom is 0.130 e. The quantitative estimate of drug-likeness (QED) is 0.829. The number of hydrogen-bond donors (Lipinski definition) is 0. The molecular formula is C18H21N3. The number of fused-ring (bicyclic) bond motifs is 1. The molecule has 1 aromatic heterocycles. The van der Waals surface area contributed by atoms with Gasteiger partial charge >= 0.3 is 0 Å². The molecule has 1 fully saturated rings. The van der Waals surface area contributed by atoms with E-state index in [0.29, 0.717) is 5.92 Å². The van der Waals surface area contributed by atoms with Gasteiger partial charge in [-0.2, -0.15) is 5.26 Å². The molecule has 1 aliphatic rings. The Hall–Kier alpha value is -2.08. The van der Waals surface area contributed by atoms with Crippen LogP contribution in [0.4, 0.5) is 5.82 Å². The van der Waals surface area contributed by atoms with Gasteiger partial charge < -0.3 is 4.90 Å². The predicted molar refractivity (Wildman–Crippen MR) is 86.7 cm³/mol. The Bertz CT molecular complexity index is 719. The van der Waals surface area contributed by atoms with Crippen molar-refractivity contribution in [1.82, 2.24) is 4.98 Å². The second-order valence-corrected chi connectivity index (χ2v) is 6.24. The van der Waals surface area contributed by atoms with Gasteiger partial charge in [-0.15, -0.1) is 0 Å². The lowest BCUT2D eigenvalue weighted by Gasteiger charge is -2.19. The van der Waals surface area contributed by atoms with Gasteiger partial charge in [0.1, 0.15) is 5.82 Å². The highest BCUT2D eigenvalue weighted by molar-refractivity contribution is 5.90. The van der Waals surface area contributed by atoms with Crippen LogP contribution in [0.25, 0.3) is 10.9 Å². The van der Waals surface area contributed by atoms with E-state index in [1.165, 1.54) is 24.0 Å². The van der Waals surface area contributed by atoms with Crippen molar-refractivity contribution in [1.29, 1.82) is 5.26 Å². The van der Waals surface area contributed by atoms with Crippen LogP contribution in [0.5, 0.6) is 0 Å². The van der Waals surface area contributed by atoms with Crippen LogP contribution in [0.2, 0.25) is 0 Å². The number of benzene rings is 1. The normalized spacial score (nSPS) is 14.9. The van der Waals surface area contributed by atoms with E-state index in [4.69, 9.17) is 4.98 Å².